The third-order valence-corrected chi connectivity index (χ3v) is 2.23. The van der Waals surface area contributed by atoms with Crippen LogP contribution in [0.3, 0.4) is 0 Å². The summed E-state index contributed by atoms with van der Waals surface area (Å²) in [5.41, 5.74) is -0.0937. The maximum Gasteiger partial charge on any atom is 0.339 e. The molecule has 0 amide bonds. The zero-order valence-corrected chi connectivity index (χ0v) is 15.5. The topological polar surface area (TPSA) is 72.3 Å². The van der Waals surface area contributed by atoms with Crippen LogP contribution in [0, 0.1) is 0 Å². The molecule has 6 nitrogen and oxygen atoms in total. The lowest BCUT2D eigenvalue weighted by atomic mass is 10.1. The quantitative estimate of drug-likeness (QED) is 0.581. The summed E-state index contributed by atoms with van der Waals surface area (Å²) in [7, 11) is 3.54. The smallest absolute Gasteiger partial charge is 0.339 e. The summed E-state index contributed by atoms with van der Waals surface area (Å²) >= 11 is 13.8. The standard InChI is InChI=1S/C11H17N3O2.Cl3OP/c1-11(2,3)14-10(16)8(7-15)9(6-12-14)13(4)5;1-5(2,3)4/h6-7H,1-5H3;. The van der Waals surface area contributed by atoms with E-state index in [-0.39, 0.29) is 11.1 Å². The molecule has 1 heterocycles. The Morgan fingerprint density at radius 2 is 1.71 bits per heavy atom. The lowest BCUT2D eigenvalue weighted by Crippen LogP contribution is -2.38. The van der Waals surface area contributed by atoms with Crippen LogP contribution in [0.15, 0.2) is 11.0 Å². The number of carbonyl (C=O) groups is 1. The molecule has 0 spiro atoms. The number of carbonyl (C=O) groups excluding carboxylic acids is 1. The van der Waals surface area contributed by atoms with Crippen molar-refractivity contribution >= 4 is 50.9 Å². The zero-order chi connectivity index (χ0) is 17.0. The van der Waals surface area contributed by atoms with Crippen molar-refractivity contribution in [3.8, 4) is 0 Å². The molecule has 0 atom stereocenters. The number of aldehydes is 1. The molecule has 0 bridgehead atoms. The summed E-state index contributed by atoms with van der Waals surface area (Å²) in [5, 5.41) is 0.861. The molecule has 1 aromatic heterocycles. The Hall–Kier alpha value is -0.550. The monoisotopic (exact) mass is 375 g/mol. The number of nitrogens with zero attached hydrogens (tertiary/aromatic N) is 3. The van der Waals surface area contributed by atoms with Crippen molar-refractivity contribution < 1.29 is 9.36 Å². The SMILES string of the molecule is CN(C)c1cnn(C(C)(C)C)c(=O)c1C=O.O=P(Cl)(Cl)Cl. The largest absolute Gasteiger partial charge is 0.376 e. The van der Waals surface area contributed by atoms with Crippen molar-refractivity contribution in [2.75, 3.05) is 19.0 Å². The van der Waals surface area contributed by atoms with Gasteiger partial charge in [0.25, 0.3) is 5.56 Å². The second kappa shape index (κ2) is 7.63. The molecule has 0 fully saturated rings. The van der Waals surface area contributed by atoms with Crippen molar-refractivity contribution in [2.24, 2.45) is 0 Å². The minimum Gasteiger partial charge on any atom is -0.376 e. The minimum atomic E-state index is -3.22. The molecule has 0 radical (unpaired) electrons. The highest BCUT2D eigenvalue weighted by atomic mass is 36.0. The van der Waals surface area contributed by atoms with E-state index in [1.165, 1.54) is 10.9 Å². The van der Waals surface area contributed by atoms with Crippen molar-refractivity contribution in [3.05, 3.63) is 22.1 Å². The third kappa shape index (κ3) is 7.32. The van der Waals surface area contributed by atoms with Gasteiger partial charge in [-0.3, -0.25) is 14.2 Å². The van der Waals surface area contributed by atoms with E-state index in [1.807, 2.05) is 20.8 Å². The van der Waals surface area contributed by atoms with Crippen molar-refractivity contribution in [2.45, 2.75) is 26.3 Å². The average molecular weight is 377 g/mol. The van der Waals surface area contributed by atoms with Crippen LogP contribution >= 0.6 is 38.9 Å². The van der Waals surface area contributed by atoms with Crippen LogP contribution in [-0.4, -0.2) is 30.2 Å². The van der Waals surface area contributed by atoms with E-state index in [0.29, 0.717) is 12.0 Å². The number of hydrogen-bond acceptors (Lipinski definition) is 5. The number of anilines is 1. The van der Waals surface area contributed by atoms with Gasteiger partial charge in [-0.2, -0.15) is 5.10 Å². The highest BCUT2D eigenvalue weighted by Gasteiger charge is 2.20. The fourth-order valence-electron chi connectivity index (χ4n) is 1.40. The second-order valence-electron chi connectivity index (χ2n) is 5.24. The number of aromatic nitrogens is 2. The molecule has 0 saturated carbocycles. The first-order valence-corrected chi connectivity index (χ1v) is 10.2. The van der Waals surface area contributed by atoms with Crippen LogP contribution in [-0.2, 0) is 10.1 Å². The van der Waals surface area contributed by atoms with Crippen molar-refractivity contribution in [3.63, 3.8) is 0 Å². The van der Waals surface area contributed by atoms with Crippen LogP contribution in [0.2, 0.25) is 0 Å². The predicted molar refractivity (Wildman–Crippen MR) is 88.4 cm³/mol. The molecule has 120 valence electrons. The first-order valence-electron chi connectivity index (χ1n) is 5.73. The number of hydrogen-bond donors (Lipinski definition) is 0. The second-order valence-corrected chi connectivity index (χ2v) is 11.9. The molecule has 0 saturated heterocycles. The maximum atomic E-state index is 12.0. The molecule has 0 unspecified atom stereocenters. The van der Waals surface area contributed by atoms with Crippen LogP contribution in [0.1, 0.15) is 31.1 Å². The Kier molecular flexibility index (Phi) is 7.43. The lowest BCUT2D eigenvalue weighted by molar-refractivity contribution is 0.112. The molecule has 0 aliphatic heterocycles. The molecule has 1 aromatic rings. The van der Waals surface area contributed by atoms with Gasteiger partial charge in [-0.15, -0.1) is 0 Å². The normalized spacial score (nSPS) is 11.4. The number of halogens is 3. The molecule has 10 heteroatoms. The average Bonchev–Trinajstić information content (AvgIpc) is 2.24. The molecule has 0 aromatic carbocycles. The fourth-order valence-corrected chi connectivity index (χ4v) is 1.40. The van der Waals surface area contributed by atoms with E-state index in [9.17, 15) is 14.2 Å². The van der Waals surface area contributed by atoms with E-state index >= 15 is 0 Å². The fraction of sp³-hybridized carbons (Fsp3) is 0.545. The molecule has 1 rings (SSSR count). The summed E-state index contributed by atoms with van der Waals surface area (Å²) in [6.45, 7) is 5.60. The minimum absolute atomic E-state index is 0.148. The molecule has 21 heavy (non-hydrogen) atoms. The summed E-state index contributed by atoms with van der Waals surface area (Å²) < 4.78 is 10.8. The highest BCUT2D eigenvalue weighted by molar-refractivity contribution is 8.24. The van der Waals surface area contributed by atoms with E-state index in [2.05, 4.69) is 38.8 Å². The Morgan fingerprint density at radius 3 is 2.00 bits per heavy atom. The van der Waals surface area contributed by atoms with Gasteiger partial charge >= 0.3 is 5.20 Å². The number of rotatable bonds is 2. The Labute approximate surface area is 137 Å². The van der Waals surface area contributed by atoms with E-state index < -0.39 is 10.7 Å². The van der Waals surface area contributed by atoms with Gasteiger partial charge in [0.05, 0.1) is 17.4 Å². The first-order chi connectivity index (χ1) is 9.29. The van der Waals surface area contributed by atoms with Crippen LogP contribution < -0.4 is 10.5 Å². The predicted octanol–water partition coefficient (Wildman–Crippen LogP) is 3.69. The van der Waals surface area contributed by atoms with Gasteiger partial charge in [0.2, 0.25) is 0 Å². The lowest BCUT2D eigenvalue weighted by Gasteiger charge is -2.22. The van der Waals surface area contributed by atoms with Gasteiger partial charge in [-0.1, -0.05) is 0 Å². The van der Waals surface area contributed by atoms with E-state index in [1.54, 1.807) is 19.0 Å². The Balaban J connectivity index is 0.000000690. The van der Waals surface area contributed by atoms with E-state index in [0.717, 1.165) is 0 Å². The van der Waals surface area contributed by atoms with Gasteiger partial charge in [0.1, 0.15) is 5.56 Å². The summed E-state index contributed by atoms with van der Waals surface area (Å²) in [5.74, 6) is 0. The van der Waals surface area contributed by atoms with Gasteiger partial charge in [-0.25, -0.2) is 4.68 Å². The third-order valence-electron chi connectivity index (χ3n) is 2.23. The highest BCUT2D eigenvalue weighted by Crippen LogP contribution is 2.61. The summed E-state index contributed by atoms with van der Waals surface area (Å²) in [6, 6.07) is 0. The molecule has 0 aliphatic rings. The van der Waals surface area contributed by atoms with E-state index in [4.69, 9.17) is 0 Å². The van der Waals surface area contributed by atoms with Gasteiger partial charge in [-0.05, 0) is 54.5 Å². The molecular formula is C11H17Cl3N3O3P. The zero-order valence-electron chi connectivity index (χ0n) is 12.3. The Morgan fingerprint density at radius 1 is 1.29 bits per heavy atom. The first kappa shape index (κ1) is 20.5. The van der Waals surface area contributed by atoms with Crippen LogP contribution in [0.25, 0.3) is 0 Å². The molecular weight excluding hydrogens is 359 g/mol. The summed E-state index contributed by atoms with van der Waals surface area (Å²) in [6.07, 6.45) is 2.12. The van der Waals surface area contributed by atoms with Gasteiger partial charge in [0.15, 0.2) is 6.29 Å². The Bertz CT molecular complexity index is 597. The van der Waals surface area contributed by atoms with Gasteiger partial charge < -0.3 is 4.90 Å². The van der Waals surface area contributed by atoms with Crippen LogP contribution in [0.5, 0.6) is 0 Å². The molecule has 0 N–H and O–H groups in total. The van der Waals surface area contributed by atoms with Gasteiger partial charge in [0, 0.05) is 14.1 Å². The van der Waals surface area contributed by atoms with Crippen molar-refractivity contribution in [1.29, 1.82) is 0 Å². The van der Waals surface area contributed by atoms with Crippen molar-refractivity contribution in [1.82, 2.24) is 9.78 Å². The summed E-state index contributed by atoms with van der Waals surface area (Å²) in [4.78, 5) is 24.7. The molecule has 0 aliphatic carbocycles. The van der Waals surface area contributed by atoms with Crippen LogP contribution in [0.4, 0.5) is 5.69 Å². The maximum absolute atomic E-state index is 12.0.